The van der Waals surface area contributed by atoms with E-state index in [-0.39, 0.29) is 5.41 Å². The number of carbonyl (C=O) groups is 1. The molecular weight excluding hydrogens is 584 g/mol. The maximum Gasteiger partial charge on any atom is 0.170 e. The summed E-state index contributed by atoms with van der Waals surface area (Å²) in [6, 6.07) is 30.3. The quantitative estimate of drug-likeness (QED) is 0.195. The Labute approximate surface area is 235 Å². The summed E-state index contributed by atoms with van der Waals surface area (Å²) >= 11 is 7.06. The Kier molecular flexibility index (Phi) is 5.60. The van der Waals surface area contributed by atoms with Crippen molar-refractivity contribution in [2.75, 3.05) is 0 Å². The number of hydrogen-bond donors (Lipinski definition) is 0. The van der Waals surface area contributed by atoms with Gasteiger partial charge in [-0.3, -0.25) is 4.79 Å². The molecule has 0 heterocycles. The van der Waals surface area contributed by atoms with Gasteiger partial charge < -0.3 is 0 Å². The molecule has 0 N–H and O–H groups in total. The van der Waals surface area contributed by atoms with Gasteiger partial charge in [-0.2, -0.15) is 0 Å². The summed E-state index contributed by atoms with van der Waals surface area (Å²) in [5.74, 6) is 0.333. The summed E-state index contributed by atoms with van der Waals surface area (Å²) in [7, 11) is 0. The minimum absolute atomic E-state index is 0.202. The van der Waals surface area contributed by atoms with Crippen molar-refractivity contribution in [1.82, 2.24) is 0 Å². The van der Waals surface area contributed by atoms with Crippen LogP contribution in [-0.2, 0) is 44.9 Å². The van der Waals surface area contributed by atoms with Crippen molar-refractivity contribution < 1.29 is 4.79 Å². The molecule has 3 heteroatoms. The number of benzene rings is 4. The lowest BCUT2D eigenvalue weighted by Crippen LogP contribution is -2.28. The number of carbonyl (C=O) groups excluding carboxylic acids is 1. The number of Topliss-reactive ketones (excluding diaryl/α,β-unsaturated/α-hetero) is 1. The summed E-state index contributed by atoms with van der Waals surface area (Å²) < 4.78 is 2.21. The first-order valence-corrected chi connectivity index (χ1v) is 14.7. The Morgan fingerprint density at radius 2 is 0.919 bits per heavy atom. The predicted octanol–water partition coefficient (Wildman–Crippen LogP) is 8.31. The molecule has 0 saturated carbocycles. The molecule has 4 aliphatic rings. The zero-order valence-corrected chi connectivity index (χ0v) is 23.9. The van der Waals surface area contributed by atoms with Crippen molar-refractivity contribution in [1.29, 1.82) is 0 Å². The molecule has 0 saturated heterocycles. The number of halogens is 2. The summed E-state index contributed by atoms with van der Waals surface area (Å²) in [6.45, 7) is 0. The normalized spacial score (nSPS) is 18.8. The maximum atomic E-state index is 12.8. The molecule has 0 aromatic heterocycles. The second kappa shape index (κ2) is 8.78. The first-order chi connectivity index (χ1) is 17.9. The SMILES string of the molecule is Brc1ccc2c(c1)CC1(Cc3ccccc3C1)C2.O=C1c2cc(Br)ccc2CC12Cc1ccccc1C2. The van der Waals surface area contributed by atoms with E-state index in [0.717, 1.165) is 29.3 Å². The fraction of sp³-hybridized carbons (Fsp3) is 0.265. The molecule has 0 unspecified atom stereocenters. The Morgan fingerprint density at radius 1 is 0.486 bits per heavy atom. The Balaban J connectivity index is 0.000000125. The molecule has 184 valence electrons. The van der Waals surface area contributed by atoms with Crippen molar-refractivity contribution in [2.24, 2.45) is 10.8 Å². The fourth-order valence-electron chi connectivity index (χ4n) is 7.45. The molecule has 0 bridgehead atoms. The van der Waals surface area contributed by atoms with Crippen LogP contribution in [0.25, 0.3) is 0 Å². The highest BCUT2D eigenvalue weighted by molar-refractivity contribution is 9.10. The molecule has 8 rings (SSSR count). The first kappa shape index (κ1) is 23.6. The number of rotatable bonds is 0. The van der Waals surface area contributed by atoms with Crippen LogP contribution in [0.2, 0.25) is 0 Å². The monoisotopic (exact) mass is 610 g/mol. The topological polar surface area (TPSA) is 17.1 Å². The summed E-state index contributed by atoms with van der Waals surface area (Å²) in [5, 5.41) is 0. The molecule has 0 fully saturated rings. The van der Waals surface area contributed by atoms with E-state index in [2.05, 4.69) is 105 Å². The van der Waals surface area contributed by atoms with Gasteiger partial charge in [0.2, 0.25) is 0 Å². The lowest BCUT2D eigenvalue weighted by atomic mass is 9.81. The second-order valence-corrected chi connectivity index (χ2v) is 13.4. The van der Waals surface area contributed by atoms with Gasteiger partial charge in [0, 0.05) is 19.9 Å². The third-order valence-electron chi connectivity index (χ3n) is 9.05. The van der Waals surface area contributed by atoms with Crippen LogP contribution in [0.5, 0.6) is 0 Å². The highest BCUT2D eigenvalue weighted by Gasteiger charge is 2.48. The smallest absolute Gasteiger partial charge is 0.170 e. The zero-order chi connectivity index (χ0) is 25.2. The van der Waals surface area contributed by atoms with E-state index < -0.39 is 0 Å². The van der Waals surface area contributed by atoms with E-state index >= 15 is 0 Å². The van der Waals surface area contributed by atoms with Gasteiger partial charge in [-0.1, -0.05) is 92.5 Å². The van der Waals surface area contributed by atoms with Crippen LogP contribution >= 0.6 is 31.9 Å². The van der Waals surface area contributed by atoms with Crippen LogP contribution < -0.4 is 0 Å². The van der Waals surface area contributed by atoms with Crippen LogP contribution in [0.15, 0.2) is 93.9 Å². The molecule has 4 aliphatic carbocycles. The molecule has 0 aliphatic heterocycles. The Morgan fingerprint density at radius 3 is 1.51 bits per heavy atom. The van der Waals surface area contributed by atoms with E-state index in [4.69, 9.17) is 0 Å². The molecule has 4 aromatic rings. The molecule has 37 heavy (non-hydrogen) atoms. The van der Waals surface area contributed by atoms with Crippen molar-refractivity contribution in [2.45, 2.75) is 44.9 Å². The van der Waals surface area contributed by atoms with Crippen LogP contribution in [0.1, 0.15) is 49.3 Å². The second-order valence-electron chi connectivity index (χ2n) is 11.6. The van der Waals surface area contributed by atoms with Gasteiger partial charge in [-0.15, -0.1) is 0 Å². The molecule has 0 atom stereocenters. The van der Waals surface area contributed by atoms with E-state index in [1.165, 1.54) is 46.8 Å². The first-order valence-electron chi connectivity index (χ1n) is 13.2. The van der Waals surface area contributed by atoms with Crippen LogP contribution in [0.4, 0.5) is 0 Å². The van der Waals surface area contributed by atoms with Gasteiger partial charge in [-0.05, 0) is 114 Å². The van der Waals surface area contributed by atoms with E-state index in [9.17, 15) is 4.79 Å². The van der Waals surface area contributed by atoms with Gasteiger partial charge in [0.05, 0.1) is 0 Å². The van der Waals surface area contributed by atoms with Crippen molar-refractivity contribution >= 4 is 37.6 Å². The minimum atomic E-state index is -0.202. The lowest BCUT2D eigenvalue weighted by molar-refractivity contribution is 0.0831. The number of fused-ring (bicyclic) bond motifs is 4. The van der Waals surface area contributed by atoms with Gasteiger partial charge in [-0.25, -0.2) is 0 Å². The van der Waals surface area contributed by atoms with Gasteiger partial charge >= 0.3 is 0 Å². The molecular formula is C34H28Br2O. The van der Waals surface area contributed by atoms with E-state index in [1.54, 1.807) is 22.3 Å². The van der Waals surface area contributed by atoms with Gasteiger partial charge in [0.1, 0.15) is 0 Å². The maximum absolute atomic E-state index is 12.8. The summed E-state index contributed by atoms with van der Waals surface area (Å²) in [6.07, 6.45) is 7.71. The molecule has 0 radical (unpaired) electrons. The van der Waals surface area contributed by atoms with Crippen LogP contribution in [0, 0.1) is 10.8 Å². The standard InChI is InChI=1S/C17H13BrO.C17H15Br/c18-14-6-5-13-10-17(16(19)15(13)7-14)8-11-3-1-2-4-12(11)9-17;18-16-6-5-14-10-17(11-15(14)7-16)8-12-3-1-2-4-13(12)9-17/h1-7H,8-10H2;1-7H,8-11H2. The molecule has 0 amide bonds. The predicted molar refractivity (Wildman–Crippen MR) is 156 cm³/mol. The Hall–Kier alpha value is -2.49. The summed E-state index contributed by atoms with van der Waals surface area (Å²) in [5.41, 5.74) is 11.4. The fourth-order valence-corrected chi connectivity index (χ4v) is 8.22. The van der Waals surface area contributed by atoms with Crippen molar-refractivity contribution in [3.05, 3.63) is 138 Å². The van der Waals surface area contributed by atoms with Crippen LogP contribution in [0.3, 0.4) is 0 Å². The molecule has 4 aromatic carbocycles. The van der Waals surface area contributed by atoms with E-state index in [0.29, 0.717) is 11.2 Å². The van der Waals surface area contributed by atoms with Crippen LogP contribution in [-0.4, -0.2) is 5.78 Å². The Bertz CT molecular complexity index is 1520. The summed E-state index contributed by atoms with van der Waals surface area (Å²) in [4.78, 5) is 12.8. The number of ketones is 1. The van der Waals surface area contributed by atoms with Crippen molar-refractivity contribution in [3.63, 3.8) is 0 Å². The molecule has 1 nitrogen and oxygen atoms in total. The third kappa shape index (κ3) is 4.06. The van der Waals surface area contributed by atoms with Crippen molar-refractivity contribution in [3.8, 4) is 0 Å². The average Bonchev–Trinajstić information content (AvgIpc) is 3.61. The molecule has 2 spiro atoms. The zero-order valence-electron chi connectivity index (χ0n) is 20.7. The number of hydrogen-bond acceptors (Lipinski definition) is 1. The van der Waals surface area contributed by atoms with Gasteiger partial charge in [0.15, 0.2) is 5.78 Å². The van der Waals surface area contributed by atoms with E-state index in [1.807, 2.05) is 12.1 Å². The average molecular weight is 612 g/mol. The van der Waals surface area contributed by atoms with Gasteiger partial charge in [0.25, 0.3) is 0 Å². The highest BCUT2D eigenvalue weighted by Crippen LogP contribution is 2.48. The largest absolute Gasteiger partial charge is 0.294 e. The minimum Gasteiger partial charge on any atom is -0.294 e. The lowest BCUT2D eigenvalue weighted by Gasteiger charge is -2.21. The third-order valence-corrected chi connectivity index (χ3v) is 10.0. The highest BCUT2D eigenvalue weighted by atomic mass is 79.9.